The molecule has 0 aromatic carbocycles. The Morgan fingerprint density at radius 3 is 1.25 bits per heavy atom. The molecule has 55 valence electrons. The van der Waals surface area contributed by atoms with E-state index in [1.165, 1.54) is 0 Å². The zero-order valence-corrected chi connectivity index (χ0v) is 5.40. The quantitative estimate of drug-likeness (QED) is 0.399. The third-order valence-electron chi connectivity index (χ3n) is 0. The van der Waals surface area contributed by atoms with Gasteiger partial charge in [-0.05, 0) is 0 Å². The van der Waals surface area contributed by atoms with Gasteiger partial charge in [0.25, 0.3) is 0 Å². The maximum absolute atomic E-state index is 8.74. The van der Waals surface area contributed by atoms with Gasteiger partial charge in [-0.15, -0.1) is 0 Å². The molecule has 8 heteroatoms. The van der Waals surface area contributed by atoms with Crippen molar-refractivity contribution in [2.45, 2.75) is 0 Å². The van der Waals surface area contributed by atoms with Crippen LogP contribution in [0, 0.1) is 0 Å². The van der Waals surface area contributed by atoms with E-state index in [4.69, 9.17) is 17.5 Å². The van der Waals surface area contributed by atoms with Gasteiger partial charge in [-0.1, -0.05) is 0 Å². The Hall–Kier alpha value is 1.14. The molecule has 0 rings (SSSR count). The molecule has 0 radical (unpaired) electrons. The molecule has 0 unspecified atom stereocenters. The van der Waals surface area contributed by atoms with Crippen LogP contribution in [0.25, 0.3) is 0 Å². The molecule has 0 amide bonds. The van der Waals surface area contributed by atoms with Gasteiger partial charge in [0.2, 0.25) is 0 Å². The van der Waals surface area contributed by atoms with E-state index < -0.39 is 10.4 Å². The van der Waals surface area contributed by atoms with Crippen molar-refractivity contribution in [2.24, 2.45) is 0 Å². The van der Waals surface area contributed by atoms with Crippen LogP contribution in [0.4, 0.5) is 0 Å². The predicted molar refractivity (Wildman–Crippen MR) is 31.7 cm³/mol. The van der Waals surface area contributed by atoms with Crippen molar-refractivity contribution >= 4 is 38.3 Å². The van der Waals surface area contributed by atoms with E-state index in [2.05, 4.69) is 24.9 Å². The Morgan fingerprint density at radius 1 is 1.25 bits per heavy atom. The Morgan fingerprint density at radius 2 is 1.25 bits per heavy atom. The first-order valence-electron chi connectivity index (χ1n) is 0.822. The first kappa shape index (κ1) is 16.1. The molecule has 0 atom stereocenters. The van der Waals surface area contributed by atoms with E-state index in [0.717, 1.165) is 0 Å². The molecule has 0 aromatic heterocycles. The van der Waals surface area contributed by atoms with E-state index in [9.17, 15) is 0 Å². The van der Waals surface area contributed by atoms with Gasteiger partial charge in [0.1, 0.15) is 0 Å². The summed E-state index contributed by atoms with van der Waals surface area (Å²) in [5.41, 5.74) is 0. The van der Waals surface area contributed by atoms with Gasteiger partial charge in [0.05, 0.1) is 0 Å². The first-order chi connectivity index (χ1) is 3.00. The van der Waals surface area contributed by atoms with Gasteiger partial charge in [-0.2, -0.15) is 8.42 Å². The molecule has 0 bridgehead atoms. The summed E-state index contributed by atoms with van der Waals surface area (Å²) in [5.74, 6) is 0. The van der Waals surface area contributed by atoms with Crippen LogP contribution >= 0.6 is 10.6 Å². The Labute approximate surface area is 70.0 Å². The Bertz CT molecular complexity index is 108. The molecular weight excluding hydrogens is 219 g/mol. The molecule has 0 aliphatic heterocycles. The fourth-order valence-electron chi connectivity index (χ4n) is 0. The summed E-state index contributed by atoms with van der Waals surface area (Å²) in [6.07, 6.45) is 0. The van der Waals surface area contributed by atoms with E-state index in [0.29, 0.717) is 0 Å². The predicted octanol–water partition coefficient (Wildman–Crippen LogP) is -1.19. The van der Waals surface area contributed by atoms with E-state index in [1.807, 2.05) is 0 Å². The minimum atomic E-state index is -4.67. The van der Waals surface area contributed by atoms with Crippen molar-refractivity contribution in [2.75, 3.05) is 0 Å². The summed E-state index contributed by atoms with van der Waals surface area (Å²) in [6.45, 7) is 0. The molecule has 0 aliphatic carbocycles. The SMILES string of the molecule is O=S(=O)(O)O.[AlH3].[S]=[Cu]. The molecule has 0 fully saturated rings. The number of hydrogen-bond acceptors (Lipinski definition) is 3. The van der Waals surface area contributed by atoms with Crippen LogP contribution < -0.4 is 0 Å². The van der Waals surface area contributed by atoms with Gasteiger partial charge in [0.15, 0.2) is 17.4 Å². The average molecular weight is 224 g/mol. The van der Waals surface area contributed by atoms with Gasteiger partial charge in [-0.3, -0.25) is 9.11 Å². The van der Waals surface area contributed by atoms with Crippen LogP contribution in [0.1, 0.15) is 0 Å². The molecule has 0 aromatic rings. The fraction of sp³-hybridized carbons (Fsp3) is 0. The molecule has 0 heterocycles. The molecular formula is H5AlCuO4S2. The monoisotopic (exact) mass is 223 g/mol. The van der Waals surface area contributed by atoms with Crippen molar-refractivity contribution in [3.05, 3.63) is 0 Å². The summed E-state index contributed by atoms with van der Waals surface area (Å²) >= 11 is 3.77. The van der Waals surface area contributed by atoms with E-state index in [1.54, 1.807) is 0 Å². The van der Waals surface area contributed by atoms with Crippen LogP contribution in [0.5, 0.6) is 0 Å². The van der Waals surface area contributed by atoms with Crippen molar-refractivity contribution in [1.29, 1.82) is 0 Å². The minimum absolute atomic E-state index is 0. The summed E-state index contributed by atoms with van der Waals surface area (Å²) in [5, 5.41) is 0. The average Bonchev–Trinajstić information content (AvgIpc) is 1.36. The molecule has 8 heavy (non-hydrogen) atoms. The molecule has 0 spiro atoms. The topological polar surface area (TPSA) is 74.6 Å². The molecule has 4 nitrogen and oxygen atoms in total. The van der Waals surface area contributed by atoms with Gasteiger partial charge in [-0.25, -0.2) is 0 Å². The summed E-state index contributed by atoms with van der Waals surface area (Å²) < 4.78 is 31.6. The Kier molecular flexibility index (Phi) is 16.4. The molecule has 2 N–H and O–H groups in total. The van der Waals surface area contributed by atoms with Gasteiger partial charge in [0, 0.05) is 0 Å². The van der Waals surface area contributed by atoms with E-state index >= 15 is 0 Å². The van der Waals surface area contributed by atoms with Gasteiger partial charge < -0.3 is 0 Å². The number of hydrogen-bond donors (Lipinski definition) is 2. The van der Waals surface area contributed by atoms with Crippen LogP contribution in [0.2, 0.25) is 0 Å². The second-order valence-corrected chi connectivity index (χ2v) is 1.34. The van der Waals surface area contributed by atoms with Crippen LogP contribution in [0.15, 0.2) is 0 Å². The van der Waals surface area contributed by atoms with Crippen molar-refractivity contribution in [3.8, 4) is 0 Å². The summed E-state index contributed by atoms with van der Waals surface area (Å²) in [4.78, 5) is 0. The summed E-state index contributed by atoms with van der Waals surface area (Å²) in [7, 11) is -1.02. The normalized spacial score (nSPS) is 8.00. The fourth-order valence-corrected chi connectivity index (χ4v) is 0. The zero-order valence-electron chi connectivity index (χ0n) is 2.83. The van der Waals surface area contributed by atoms with E-state index in [-0.39, 0.29) is 17.4 Å². The molecule has 0 saturated carbocycles. The second-order valence-electron chi connectivity index (χ2n) is 0.448. The van der Waals surface area contributed by atoms with Crippen molar-refractivity contribution in [1.82, 2.24) is 0 Å². The molecule has 0 saturated heterocycles. The zero-order chi connectivity index (χ0) is 6.50. The number of rotatable bonds is 0. The standard InChI is InChI=1S/Al.Cu.H2O4S.S.3H/c;;1-5(2,3)4;;;;/h;;(H2,1,2,3,4);;;;. The molecule has 0 aliphatic rings. The van der Waals surface area contributed by atoms with Crippen LogP contribution in [-0.4, -0.2) is 34.9 Å². The maximum atomic E-state index is 8.74. The van der Waals surface area contributed by atoms with Crippen molar-refractivity contribution in [3.63, 3.8) is 0 Å². The Balaban J connectivity index is -0.0000000750. The first-order valence-corrected chi connectivity index (χ1v) is 3.62. The third-order valence-corrected chi connectivity index (χ3v) is 0. The summed E-state index contributed by atoms with van der Waals surface area (Å²) in [6, 6.07) is 0. The van der Waals surface area contributed by atoms with Crippen LogP contribution in [0.3, 0.4) is 0 Å². The third kappa shape index (κ3) is 207. The van der Waals surface area contributed by atoms with Crippen molar-refractivity contribution < 1.29 is 31.9 Å². The van der Waals surface area contributed by atoms with Crippen LogP contribution in [-0.2, 0) is 24.8 Å². The second kappa shape index (κ2) is 8.14. The van der Waals surface area contributed by atoms with Gasteiger partial charge >= 0.3 is 35.3 Å².